The van der Waals surface area contributed by atoms with Crippen LogP contribution in [0.5, 0.6) is 0 Å². The van der Waals surface area contributed by atoms with Crippen LogP contribution in [0.1, 0.15) is 63.1 Å². The fourth-order valence-electron chi connectivity index (χ4n) is 7.06. The molecule has 53 heavy (non-hydrogen) atoms. The first-order valence-electron chi connectivity index (χ1n) is 17.6. The van der Waals surface area contributed by atoms with E-state index in [1.54, 1.807) is 27.3 Å². The number of nitrogens with zero attached hydrogens (tertiary/aromatic N) is 6. The molecule has 5 aromatic rings. The molecule has 4 aromatic heterocycles. The van der Waals surface area contributed by atoms with Gasteiger partial charge < -0.3 is 34.9 Å². The number of fused-ring (bicyclic) bond motifs is 1. The van der Waals surface area contributed by atoms with Gasteiger partial charge in [0.05, 0.1) is 48.8 Å². The van der Waals surface area contributed by atoms with Crippen LogP contribution in [0.2, 0.25) is 0 Å². The van der Waals surface area contributed by atoms with Gasteiger partial charge in [0.25, 0.3) is 0 Å². The topological polar surface area (TPSA) is 192 Å². The number of alkyl carbamates (subject to hydrolysis) is 2. The third-order valence-corrected chi connectivity index (χ3v) is 10.9. The Balaban J connectivity index is 1.01. The van der Waals surface area contributed by atoms with Crippen molar-refractivity contribution in [3.63, 3.8) is 0 Å². The maximum absolute atomic E-state index is 13.5. The zero-order valence-corrected chi connectivity index (χ0v) is 30.7. The summed E-state index contributed by atoms with van der Waals surface area (Å²) in [6.45, 7) is 4.86. The Morgan fingerprint density at radius 1 is 0.943 bits per heavy atom. The highest BCUT2D eigenvalue weighted by Gasteiger charge is 2.37. The van der Waals surface area contributed by atoms with E-state index >= 15 is 0 Å². The van der Waals surface area contributed by atoms with Crippen molar-refractivity contribution in [3.8, 4) is 33.1 Å². The molecule has 0 spiro atoms. The van der Waals surface area contributed by atoms with E-state index in [-0.39, 0.29) is 36.4 Å². The van der Waals surface area contributed by atoms with Crippen molar-refractivity contribution in [3.05, 3.63) is 60.4 Å². The highest BCUT2D eigenvalue weighted by molar-refractivity contribution is 7.20. The van der Waals surface area contributed by atoms with Crippen molar-refractivity contribution in [2.24, 2.45) is 5.92 Å². The molecule has 2 saturated heterocycles. The average molecular weight is 743 g/mol. The minimum Gasteiger partial charge on any atom is -0.453 e. The van der Waals surface area contributed by atoms with E-state index in [4.69, 9.17) is 9.72 Å². The summed E-state index contributed by atoms with van der Waals surface area (Å²) in [5.74, 6) is 0.293. The lowest BCUT2D eigenvalue weighted by Gasteiger charge is -2.30. The fourth-order valence-corrected chi connectivity index (χ4v) is 8.03. The number of nitrogens with one attached hydrogen (secondary N) is 4. The molecule has 6 heterocycles. The third kappa shape index (κ3) is 7.33. The lowest BCUT2D eigenvalue weighted by Crippen LogP contribution is -2.51. The van der Waals surface area contributed by atoms with E-state index < -0.39 is 18.2 Å². The SMILES string of the molecule is COC(=O)NCC(=O)N1CCCC1c1cc(-c2cn3cc(-c4ccc(-c5cnc([C@@H]6CCCN6C(=O)[C@@H](NC(=O)OC)C(C)C)[nH]5)cc4)sc3n2)n[nH]1. The van der Waals surface area contributed by atoms with Crippen molar-refractivity contribution in [2.75, 3.05) is 33.9 Å². The molecular formula is C36H42N10O6S. The van der Waals surface area contributed by atoms with Gasteiger partial charge in [-0.2, -0.15) is 5.10 Å². The Labute approximate surface area is 309 Å². The van der Waals surface area contributed by atoms with Crippen LogP contribution in [0, 0.1) is 5.92 Å². The number of hydrogen-bond acceptors (Lipinski definition) is 10. The lowest BCUT2D eigenvalue weighted by molar-refractivity contribution is -0.135. The zero-order valence-electron chi connectivity index (χ0n) is 29.9. The van der Waals surface area contributed by atoms with Gasteiger partial charge in [-0.05, 0) is 48.8 Å². The molecular weight excluding hydrogens is 701 g/mol. The average Bonchev–Trinajstić information content (AvgIpc) is 4.01. The number of hydrogen-bond donors (Lipinski definition) is 4. The number of carbonyl (C=O) groups excluding carboxylic acids is 4. The molecule has 4 N–H and O–H groups in total. The monoisotopic (exact) mass is 742 g/mol. The fraction of sp³-hybridized carbons (Fsp3) is 0.417. The van der Waals surface area contributed by atoms with E-state index in [1.165, 1.54) is 14.2 Å². The quantitative estimate of drug-likeness (QED) is 0.154. The number of methoxy groups -OCH3 is 2. The zero-order chi connectivity index (χ0) is 37.2. The smallest absolute Gasteiger partial charge is 0.407 e. The number of rotatable bonds is 10. The first-order chi connectivity index (χ1) is 25.6. The first kappa shape index (κ1) is 35.7. The van der Waals surface area contributed by atoms with E-state index in [0.29, 0.717) is 18.8 Å². The Kier molecular flexibility index (Phi) is 10.2. The van der Waals surface area contributed by atoms with Crippen LogP contribution >= 0.6 is 11.3 Å². The van der Waals surface area contributed by atoms with Gasteiger partial charge in [0.15, 0.2) is 4.96 Å². The second kappa shape index (κ2) is 15.1. The summed E-state index contributed by atoms with van der Waals surface area (Å²) in [5, 5.41) is 12.7. The number of H-pyrrole nitrogens is 2. The number of ether oxygens (including phenoxy) is 2. The summed E-state index contributed by atoms with van der Waals surface area (Å²) in [4.78, 5) is 68.0. The number of aromatic nitrogens is 6. The molecule has 16 nitrogen and oxygen atoms in total. The van der Waals surface area contributed by atoms with Gasteiger partial charge in [0.2, 0.25) is 11.8 Å². The molecule has 17 heteroatoms. The van der Waals surface area contributed by atoms with Gasteiger partial charge in [-0.15, -0.1) is 0 Å². The summed E-state index contributed by atoms with van der Waals surface area (Å²) < 4.78 is 11.3. The molecule has 1 aromatic carbocycles. The predicted molar refractivity (Wildman–Crippen MR) is 196 cm³/mol. The number of carbonyl (C=O) groups is 4. The van der Waals surface area contributed by atoms with E-state index in [1.807, 2.05) is 48.8 Å². The number of benzene rings is 1. The second-order valence-electron chi connectivity index (χ2n) is 13.5. The summed E-state index contributed by atoms with van der Waals surface area (Å²) in [6, 6.07) is 9.09. The van der Waals surface area contributed by atoms with Gasteiger partial charge in [-0.25, -0.2) is 19.6 Å². The summed E-state index contributed by atoms with van der Waals surface area (Å²) in [5.41, 5.74) is 5.11. The van der Waals surface area contributed by atoms with Gasteiger partial charge >= 0.3 is 12.2 Å². The van der Waals surface area contributed by atoms with E-state index in [9.17, 15) is 19.2 Å². The molecule has 0 aliphatic carbocycles. The van der Waals surface area contributed by atoms with Crippen LogP contribution in [0.4, 0.5) is 9.59 Å². The maximum atomic E-state index is 13.5. The molecule has 0 bridgehead atoms. The van der Waals surface area contributed by atoms with Crippen LogP contribution < -0.4 is 10.6 Å². The van der Waals surface area contributed by atoms with Crippen molar-refractivity contribution in [1.29, 1.82) is 0 Å². The van der Waals surface area contributed by atoms with Gasteiger partial charge in [-0.1, -0.05) is 49.4 Å². The van der Waals surface area contributed by atoms with Gasteiger partial charge in [-0.3, -0.25) is 19.1 Å². The number of thiazole rings is 1. The van der Waals surface area contributed by atoms with Gasteiger partial charge in [0.1, 0.15) is 29.8 Å². The molecule has 4 amide bonds. The van der Waals surface area contributed by atoms with Crippen molar-refractivity contribution >= 4 is 40.3 Å². The molecule has 3 atom stereocenters. The number of likely N-dealkylation sites (tertiary alicyclic amines) is 2. The Bertz CT molecular complexity index is 2090. The van der Waals surface area contributed by atoms with Crippen LogP contribution in [-0.4, -0.2) is 103 Å². The highest BCUT2D eigenvalue weighted by Crippen LogP contribution is 2.36. The third-order valence-electron chi connectivity index (χ3n) is 9.84. The normalized spacial score (nSPS) is 17.8. The molecule has 278 valence electrons. The minimum absolute atomic E-state index is 0.106. The second-order valence-corrected chi connectivity index (χ2v) is 14.5. The summed E-state index contributed by atoms with van der Waals surface area (Å²) in [7, 11) is 2.55. The molecule has 7 rings (SSSR count). The summed E-state index contributed by atoms with van der Waals surface area (Å²) >= 11 is 1.57. The first-order valence-corrected chi connectivity index (χ1v) is 18.4. The van der Waals surface area contributed by atoms with Crippen LogP contribution in [-0.2, 0) is 19.1 Å². The number of aromatic amines is 2. The molecule has 0 saturated carbocycles. The number of imidazole rings is 2. The van der Waals surface area contributed by atoms with E-state index in [0.717, 1.165) is 69.6 Å². The lowest BCUT2D eigenvalue weighted by atomic mass is 10.0. The summed E-state index contributed by atoms with van der Waals surface area (Å²) in [6.07, 6.45) is 7.80. The maximum Gasteiger partial charge on any atom is 0.407 e. The molecule has 2 aliphatic heterocycles. The van der Waals surface area contributed by atoms with Crippen LogP contribution in [0.15, 0.2) is 48.9 Å². The highest BCUT2D eigenvalue weighted by atomic mass is 32.1. The van der Waals surface area contributed by atoms with E-state index in [2.05, 4.69) is 47.7 Å². The van der Waals surface area contributed by atoms with Crippen molar-refractivity contribution in [1.82, 2.24) is 50.0 Å². The number of amides is 4. The van der Waals surface area contributed by atoms with Gasteiger partial charge in [0, 0.05) is 25.5 Å². The van der Waals surface area contributed by atoms with Crippen molar-refractivity contribution in [2.45, 2.75) is 57.7 Å². The van der Waals surface area contributed by atoms with Crippen molar-refractivity contribution < 1.29 is 28.7 Å². The predicted octanol–water partition coefficient (Wildman–Crippen LogP) is 4.91. The molecule has 2 fully saturated rings. The Hall–Kier alpha value is -5.71. The minimum atomic E-state index is -0.689. The Morgan fingerprint density at radius 2 is 1.66 bits per heavy atom. The van der Waals surface area contributed by atoms with Crippen LogP contribution in [0.25, 0.3) is 38.0 Å². The standard InChI is InChI=1S/C36H42N10O6S/c1-20(2)31(41-36(50)52-4)33(48)46-14-6-8-28(46)32-37-16-25(39-32)21-9-11-22(12-10-21)29-19-44-18-26(40-34(44)53-29)23-15-24(43-42-23)27-7-5-13-45(27)30(47)17-38-35(49)51-3/h9-12,15-16,18-20,27-28,31H,5-8,13-14,17H2,1-4H3,(H,37,39)(H,38,49)(H,41,50)(H,42,43)/t27?,28-,31-/m0/s1. The largest absolute Gasteiger partial charge is 0.453 e. The Morgan fingerprint density at radius 3 is 2.38 bits per heavy atom. The molecule has 2 aliphatic rings. The van der Waals surface area contributed by atoms with Crippen LogP contribution in [0.3, 0.4) is 0 Å². The molecule has 0 radical (unpaired) electrons. The molecule has 1 unspecified atom stereocenters.